The predicted octanol–water partition coefficient (Wildman–Crippen LogP) is 1.37. The lowest BCUT2D eigenvalue weighted by Crippen LogP contribution is -2.24. The summed E-state index contributed by atoms with van der Waals surface area (Å²) in [5.74, 6) is 0.709. The first kappa shape index (κ1) is 10.9. The van der Waals surface area contributed by atoms with Gasteiger partial charge in [0.2, 0.25) is 5.91 Å². The highest BCUT2D eigenvalue weighted by Gasteiger charge is 1.99. The molecular formula is C10H13NO2S. The van der Waals surface area contributed by atoms with Gasteiger partial charge in [-0.15, -0.1) is 0 Å². The van der Waals surface area contributed by atoms with Crippen LogP contribution in [-0.2, 0) is 11.3 Å². The van der Waals surface area contributed by atoms with Crippen LogP contribution in [-0.4, -0.2) is 23.0 Å². The van der Waals surface area contributed by atoms with E-state index in [0.717, 1.165) is 5.56 Å². The van der Waals surface area contributed by atoms with Gasteiger partial charge in [-0.3, -0.25) is 4.79 Å². The fourth-order valence-electron chi connectivity index (χ4n) is 1.05. The zero-order valence-electron chi connectivity index (χ0n) is 7.99. The van der Waals surface area contributed by atoms with Crippen LogP contribution in [0.2, 0.25) is 0 Å². The lowest BCUT2D eigenvalue weighted by Gasteiger charge is -2.04. The summed E-state index contributed by atoms with van der Waals surface area (Å²) in [7, 11) is 0. The Morgan fingerprint density at radius 3 is 3.00 bits per heavy atom. The van der Waals surface area contributed by atoms with Gasteiger partial charge in [0.15, 0.2) is 0 Å². The Kier molecular flexibility index (Phi) is 4.32. The Balaban J connectivity index is 2.41. The summed E-state index contributed by atoms with van der Waals surface area (Å²) >= 11 is 1.49. The third kappa shape index (κ3) is 3.70. The van der Waals surface area contributed by atoms with E-state index < -0.39 is 0 Å². The summed E-state index contributed by atoms with van der Waals surface area (Å²) < 4.78 is 0. The molecule has 0 aliphatic rings. The zero-order valence-corrected chi connectivity index (χ0v) is 8.80. The number of carbonyl (C=O) groups excluding carboxylic acids is 1. The van der Waals surface area contributed by atoms with Crippen molar-refractivity contribution in [3.63, 3.8) is 0 Å². The smallest absolute Gasteiger partial charge is 0.230 e. The molecule has 4 heteroatoms. The average molecular weight is 211 g/mol. The summed E-state index contributed by atoms with van der Waals surface area (Å²) in [6, 6.07) is 6.86. The Morgan fingerprint density at radius 2 is 2.36 bits per heavy atom. The molecule has 1 rings (SSSR count). The van der Waals surface area contributed by atoms with Crippen LogP contribution in [0, 0.1) is 0 Å². The second-order valence-corrected chi connectivity index (χ2v) is 3.75. The van der Waals surface area contributed by atoms with Crippen LogP contribution in [0.1, 0.15) is 5.56 Å². The van der Waals surface area contributed by atoms with Crippen molar-refractivity contribution in [3.05, 3.63) is 29.8 Å². The van der Waals surface area contributed by atoms with E-state index in [1.54, 1.807) is 18.2 Å². The number of aromatic hydroxyl groups is 1. The van der Waals surface area contributed by atoms with Crippen LogP contribution in [0.5, 0.6) is 5.75 Å². The standard InChI is InChI=1S/C10H13NO2S/c1-14-7-10(13)11-6-8-3-2-4-9(12)5-8/h2-5,12H,6-7H2,1H3,(H,11,13). The highest BCUT2D eigenvalue weighted by molar-refractivity contribution is 7.99. The molecule has 0 fully saturated rings. The third-order valence-corrected chi connectivity index (χ3v) is 2.23. The van der Waals surface area contributed by atoms with Gasteiger partial charge < -0.3 is 10.4 Å². The molecule has 0 bridgehead atoms. The molecule has 1 aromatic carbocycles. The number of rotatable bonds is 4. The molecule has 76 valence electrons. The van der Waals surface area contributed by atoms with E-state index in [9.17, 15) is 4.79 Å². The fraction of sp³-hybridized carbons (Fsp3) is 0.300. The summed E-state index contributed by atoms with van der Waals surface area (Å²) in [4.78, 5) is 11.1. The number of hydrogen-bond donors (Lipinski definition) is 2. The second kappa shape index (κ2) is 5.54. The number of phenolic OH excluding ortho intramolecular Hbond substituents is 1. The summed E-state index contributed by atoms with van der Waals surface area (Å²) in [5, 5.41) is 11.9. The zero-order chi connectivity index (χ0) is 10.4. The molecule has 0 aromatic heterocycles. The van der Waals surface area contributed by atoms with Gasteiger partial charge in [-0.2, -0.15) is 11.8 Å². The molecule has 0 atom stereocenters. The van der Waals surface area contributed by atoms with Gasteiger partial charge in [-0.05, 0) is 24.0 Å². The van der Waals surface area contributed by atoms with Gasteiger partial charge in [0.05, 0.1) is 5.75 Å². The number of nitrogens with one attached hydrogen (secondary N) is 1. The van der Waals surface area contributed by atoms with Crippen LogP contribution in [0.15, 0.2) is 24.3 Å². The Morgan fingerprint density at radius 1 is 1.57 bits per heavy atom. The van der Waals surface area contributed by atoms with E-state index in [4.69, 9.17) is 5.11 Å². The number of thioether (sulfide) groups is 1. The fourth-order valence-corrected chi connectivity index (χ4v) is 1.41. The van der Waals surface area contributed by atoms with E-state index in [1.165, 1.54) is 11.8 Å². The van der Waals surface area contributed by atoms with E-state index in [1.807, 2.05) is 12.3 Å². The van der Waals surface area contributed by atoms with Crippen molar-refractivity contribution in [1.82, 2.24) is 5.32 Å². The van der Waals surface area contributed by atoms with Crippen LogP contribution >= 0.6 is 11.8 Å². The van der Waals surface area contributed by atoms with Crippen LogP contribution < -0.4 is 5.32 Å². The molecule has 0 saturated carbocycles. The minimum absolute atomic E-state index is 0.0147. The lowest BCUT2D eigenvalue weighted by molar-refractivity contribution is -0.118. The molecule has 2 N–H and O–H groups in total. The van der Waals surface area contributed by atoms with E-state index >= 15 is 0 Å². The van der Waals surface area contributed by atoms with Gasteiger partial charge in [0, 0.05) is 6.54 Å². The number of benzene rings is 1. The van der Waals surface area contributed by atoms with Crippen molar-refractivity contribution in [2.75, 3.05) is 12.0 Å². The van der Waals surface area contributed by atoms with Crippen molar-refractivity contribution in [2.24, 2.45) is 0 Å². The van der Waals surface area contributed by atoms with Gasteiger partial charge in [-0.1, -0.05) is 12.1 Å². The molecule has 0 heterocycles. The van der Waals surface area contributed by atoms with Crippen molar-refractivity contribution in [2.45, 2.75) is 6.54 Å². The Labute approximate surface area is 87.5 Å². The number of carbonyl (C=O) groups is 1. The molecule has 0 saturated heterocycles. The van der Waals surface area contributed by atoms with Gasteiger partial charge in [-0.25, -0.2) is 0 Å². The first-order valence-electron chi connectivity index (χ1n) is 4.26. The van der Waals surface area contributed by atoms with E-state index in [-0.39, 0.29) is 11.7 Å². The van der Waals surface area contributed by atoms with Crippen molar-refractivity contribution in [1.29, 1.82) is 0 Å². The first-order valence-corrected chi connectivity index (χ1v) is 5.65. The van der Waals surface area contributed by atoms with Crippen molar-refractivity contribution < 1.29 is 9.90 Å². The van der Waals surface area contributed by atoms with Gasteiger partial charge in [0.25, 0.3) is 0 Å². The molecular weight excluding hydrogens is 198 g/mol. The molecule has 0 spiro atoms. The topological polar surface area (TPSA) is 49.3 Å². The van der Waals surface area contributed by atoms with Crippen LogP contribution in [0.3, 0.4) is 0 Å². The molecule has 1 aromatic rings. The molecule has 3 nitrogen and oxygen atoms in total. The highest BCUT2D eigenvalue weighted by Crippen LogP contribution is 2.10. The summed E-state index contributed by atoms with van der Waals surface area (Å²) in [6.45, 7) is 0.466. The molecule has 0 radical (unpaired) electrons. The number of phenols is 1. The molecule has 14 heavy (non-hydrogen) atoms. The number of amides is 1. The Bertz CT molecular complexity index is 315. The van der Waals surface area contributed by atoms with Crippen molar-refractivity contribution in [3.8, 4) is 5.75 Å². The number of hydrogen-bond acceptors (Lipinski definition) is 3. The maximum Gasteiger partial charge on any atom is 0.230 e. The molecule has 0 aliphatic heterocycles. The molecule has 0 unspecified atom stereocenters. The quantitative estimate of drug-likeness (QED) is 0.791. The van der Waals surface area contributed by atoms with Gasteiger partial charge >= 0.3 is 0 Å². The average Bonchev–Trinajstić information content (AvgIpc) is 2.15. The van der Waals surface area contributed by atoms with E-state index in [0.29, 0.717) is 12.3 Å². The SMILES string of the molecule is CSCC(=O)NCc1cccc(O)c1. The minimum atomic E-state index is 0.0147. The van der Waals surface area contributed by atoms with Crippen molar-refractivity contribution >= 4 is 17.7 Å². The van der Waals surface area contributed by atoms with E-state index in [2.05, 4.69) is 5.32 Å². The third-order valence-electron chi connectivity index (χ3n) is 1.68. The first-order chi connectivity index (χ1) is 6.72. The monoisotopic (exact) mass is 211 g/mol. The Hall–Kier alpha value is -1.16. The highest BCUT2D eigenvalue weighted by atomic mass is 32.2. The predicted molar refractivity (Wildman–Crippen MR) is 58.3 cm³/mol. The second-order valence-electron chi connectivity index (χ2n) is 2.88. The van der Waals surface area contributed by atoms with Gasteiger partial charge in [0.1, 0.15) is 5.75 Å². The maximum atomic E-state index is 11.1. The lowest BCUT2D eigenvalue weighted by atomic mass is 10.2. The summed E-state index contributed by atoms with van der Waals surface area (Å²) in [6.07, 6.45) is 1.88. The maximum absolute atomic E-state index is 11.1. The van der Waals surface area contributed by atoms with Crippen LogP contribution in [0.4, 0.5) is 0 Å². The minimum Gasteiger partial charge on any atom is -0.508 e. The summed E-state index contributed by atoms with van der Waals surface area (Å²) in [5.41, 5.74) is 0.902. The van der Waals surface area contributed by atoms with Crippen LogP contribution in [0.25, 0.3) is 0 Å². The largest absolute Gasteiger partial charge is 0.508 e. The molecule has 1 amide bonds. The molecule has 0 aliphatic carbocycles. The normalized spacial score (nSPS) is 9.79.